The Morgan fingerprint density at radius 2 is 2.12 bits per heavy atom. The Balaban J connectivity index is 3.44. The molecular formula is C8H5BrF3NO4. The summed E-state index contributed by atoms with van der Waals surface area (Å²) in [7, 11) is 0. The second-order valence-electron chi connectivity index (χ2n) is 2.83. The topological polar surface area (TPSA) is 79.4 Å². The van der Waals surface area contributed by atoms with Crippen molar-refractivity contribution in [1.82, 2.24) is 4.98 Å². The van der Waals surface area contributed by atoms with E-state index in [2.05, 4.69) is 20.7 Å². The number of hydrogen-bond donors (Lipinski definition) is 2. The highest BCUT2D eigenvalue weighted by atomic mass is 79.9. The van der Waals surface area contributed by atoms with Gasteiger partial charge in [-0.15, -0.1) is 13.2 Å². The number of pyridine rings is 1. The van der Waals surface area contributed by atoms with Gasteiger partial charge in [0, 0.05) is 11.5 Å². The predicted molar refractivity (Wildman–Crippen MR) is 53.3 cm³/mol. The number of halogens is 4. The van der Waals surface area contributed by atoms with Crippen LogP contribution in [0.4, 0.5) is 13.2 Å². The number of alkyl halides is 4. The van der Waals surface area contributed by atoms with Gasteiger partial charge in [0.25, 0.3) is 5.56 Å². The van der Waals surface area contributed by atoms with Crippen molar-refractivity contribution in [2.45, 2.75) is 11.7 Å². The molecule has 1 aromatic rings. The van der Waals surface area contributed by atoms with Gasteiger partial charge in [0.1, 0.15) is 5.56 Å². The smallest absolute Gasteiger partial charge is 0.477 e. The quantitative estimate of drug-likeness (QED) is 0.834. The Morgan fingerprint density at radius 3 is 2.53 bits per heavy atom. The predicted octanol–water partition coefficient (Wildman–Crippen LogP) is 1.87. The third-order valence-electron chi connectivity index (χ3n) is 1.72. The summed E-state index contributed by atoms with van der Waals surface area (Å²) in [6, 6.07) is 0. The second-order valence-corrected chi connectivity index (χ2v) is 3.39. The molecule has 0 amide bonds. The van der Waals surface area contributed by atoms with Crippen molar-refractivity contribution >= 4 is 21.9 Å². The molecule has 9 heteroatoms. The standard InChI is InChI=1S/C8H5BrF3NO4/c9-1-3-5(17-8(10,11)12)4(7(15)16)2-13-6(3)14/h2H,1H2,(H,13,14)(H,15,16). The van der Waals surface area contributed by atoms with E-state index in [0.717, 1.165) is 0 Å². The third-order valence-corrected chi connectivity index (χ3v) is 2.28. The summed E-state index contributed by atoms with van der Waals surface area (Å²) in [5.41, 5.74) is -2.07. The fraction of sp³-hybridized carbons (Fsp3) is 0.250. The van der Waals surface area contributed by atoms with Crippen LogP contribution in [-0.4, -0.2) is 22.4 Å². The number of aromatic amines is 1. The number of carboxylic acids is 1. The summed E-state index contributed by atoms with van der Waals surface area (Å²) >= 11 is 2.79. The molecule has 0 atom stereocenters. The van der Waals surface area contributed by atoms with Crippen LogP contribution in [0.1, 0.15) is 15.9 Å². The van der Waals surface area contributed by atoms with Crippen LogP contribution in [0.2, 0.25) is 0 Å². The van der Waals surface area contributed by atoms with Gasteiger partial charge in [-0.2, -0.15) is 0 Å². The Labute approximate surface area is 100 Å². The number of H-pyrrole nitrogens is 1. The number of rotatable bonds is 3. The highest BCUT2D eigenvalue weighted by Crippen LogP contribution is 2.29. The van der Waals surface area contributed by atoms with E-state index in [1.165, 1.54) is 0 Å². The molecule has 17 heavy (non-hydrogen) atoms. The zero-order chi connectivity index (χ0) is 13.2. The van der Waals surface area contributed by atoms with Crippen LogP contribution in [-0.2, 0) is 5.33 Å². The van der Waals surface area contributed by atoms with Gasteiger partial charge in [0.15, 0.2) is 5.75 Å². The Morgan fingerprint density at radius 1 is 1.53 bits per heavy atom. The van der Waals surface area contributed by atoms with Gasteiger partial charge in [-0.3, -0.25) is 4.79 Å². The SMILES string of the molecule is O=C(O)c1c[nH]c(=O)c(CBr)c1OC(F)(F)F. The average molecular weight is 316 g/mol. The highest BCUT2D eigenvalue weighted by molar-refractivity contribution is 9.08. The van der Waals surface area contributed by atoms with E-state index in [1.54, 1.807) is 0 Å². The van der Waals surface area contributed by atoms with Crippen LogP contribution >= 0.6 is 15.9 Å². The van der Waals surface area contributed by atoms with E-state index in [1.807, 2.05) is 4.98 Å². The number of nitrogens with one attached hydrogen (secondary N) is 1. The van der Waals surface area contributed by atoms with E-state index < -0.39 is 34.8 Å². The van der Waals surface area contributed by atoms with Crippen LogP contribution in [0.25, 0.3) is 0 Å². The maximum Gasteiger partial charge on any atom is 0.573 e. The monoisotopic (exact) mass is 315 g/mol. The maximum atomic E-state index is 12.1. The molecule has 0 saturated carbocycles. The van der Waals surface area contributed by atoms with Crippen molar-refractivity contribution in [3.05, 3.63) is 27.7 Å². The molecule has 94 valence electrons. The fourth-order valence-corrected chi connectivity index (χ4v) is 1.58. The normalized spacial score (nSPS) is 11.3. The van der Waals surface area contributed by atoms with Crippen LogP contribution < -0.4 is 10.3 Å². The zero-order valence-corrected chi connectivity index (χ0v) is 9.55. The molecule has 0 aliphatic carbocycles. The van der Waals surface area contributed by atoms with Gasteiger partial charge in [0.05, 0.1) is 5.56 Å². The summed E-state index contributed by atoms with van der Waals surface area (Å²) in [6.45, 7) is 0. The molecule has 0 aliphatic heterocycles. The zero-order valence-electron chi connectivity index (χ0n) is 7.97. The van der Waals surface area contributed by atoms with Crippen LogP contribution in [0.3, 0.4) is 0 Å². The minimum absolute atomic E-state index is 0.269. The number of aromatic carboxylic acids is 1. The molecule has 0 aromatic carbocycles. The molecule has 0 bridgehead atoms. The van der Waals surface area contributed by atoms with Crippen LogP contribution in [0.15, 0.2) is 11.0 Å². The van der Waals surface area contributed by atoms with Crippen molar-refractivity contribution in [2.24, 2.45) is 0 Å². The summed E-state index contributed by atoms with van der Waals surface area (Å²) in [6.07, 6.45) is -4.42. The Hall–Kier alpha value is -1.51. The Kier molecular flexibility index (Phi) is 3.81. The second kappa shape index (κ2) is 4.78. The molecule has 0 radical (unpaired) electrons. The lowest BCUT2D eigenvalue weighted by Crippen LogP contribution is -2.24. The first kappa shape index (κ1) is 13.6. The highest BCUT2D eigenvalue weighted by Gasteiger charge is 2.35. The Bertz CT molecular complexity index is 497. The van der Waals surface area contributed by atoms with Gasteiger partial charge < -0.3 is 14.8 Å². The fourth-order valence-electron chi connectivity index (χ4n) is 1.07. The largest absolute Gasteiger partial charge is 0.573 e. The molecule has 1 heterocycles. The minimum atomic E-state index is -5.07. The lowest BCUT2D eigenvalue weighted by Gasteiger charge is -2.13. The first-order valence-electron chi connectivity index (χ1n) is 4.06. The minimum Gasteiger partial charge on any atom is -0.477 e. The van der Waals surface area contributed by atoms with Gasteiger partial charge >= 0.3 is 12.3 Å². The molecule has 2 N–H and O–H groups in total. The van der Waals surface area contributed by atoms with Crippen molar-refractivity contribution in [1.29, 1.82) is 0 Å². The van der Waals surface area contributed by atoms with Crippen LogP contribution in [0, 0.1) is 0 Å². The van der Waals surface area contributed by atoms with Crippen molar-refractivity contribution in [3.8, 4) is 5.75 Å². The van der Waals surface area contributed by atoms with E-state index in [-0.39, 0.29) is 5.33 Å². The number of hydrogen-bond acceptors (Lipinski definition) is 3. The summed E-state index contributed by atoms with van der Waals surface area (Å²) in [5.74, 6) is -2.65. The first-order chi connectivity index (χ1) is 7.76. The molecule has 1 rings (SSSR count). The summed E-state index contributed by atoms with van der Waals surface area (Å²) < 4.78 is 39.8. The summed E-state index contributed by atoms with van der Waals surface area (Å²) in [5, 5.41) is 8.42. The van der Waals surface area contributed by atoms with E-state index in [9.17, 15) is 22.8 Å². The maximum absolute atomic E-state index is 12.1. The average Bonchev–Trinajstić information content (AvgIpc) is 2.15. The van der Waals surface area contributed by atoms with E-state index in [4.69, 9.17) is 5.11 Å². The van der Waals surface area contributed by atoms with Crippen molar-refractivity contribution < 1.29 is 27.8 Å². The van der Waals surface area contributed by atoms with Crippen LogP contribution in [0.5, 0.6) is 5.75 Å². The van der Waals surface area contributed by atoms with Gasteiger partial charge in [0.2, 0.25) is 0 Å². The lowest BCUT2D eigenvalue weighted by atomic mass is 10.2. The first-order valence-corrected chi connectivity index (χ1v) is 5.18. The molecule has 0 unspecified atom stereocenters. The molecule has 0 aliphatic rings. The summed E-state index contributed by atoms with van der Waals surface area (Å²) in [4.78, 5) is 23.9. The molecule has 1 aromatic heterocycles. The van der Waals surface area contributed by atoms with Gasteiger partial charge in [-0.25, -0.2) is 4.79 Å². The third kappa shape index (κ3) is 3.22. The van der Waals surface area contributed by atoms with E-state index in [0.29, 0.717) is 6.20 Å². The molecule has 0 fully saturated rings. The molecule has 0 saturated heterocycles. The van der Waals surface area contributed by atoms with Gasteiger partial charge in [-0.05, 0) is 0 Å². The number of carbonyl (C=O) groups is 1. The molecule has 5 nitrogen and oxygen atoms in total. The molecular weight excluding hydrogens is 311 g/mol. The lowest BCUT2D eigenvalue weighted by molar-refractivity contribution is -0.275. The van der Waals surface area contributed by atoms with Crippen molar-refractivity contribution in [2.75, 3.05) is 0 Å². The number of carboxylic acid groups (broad SMARTS) is 1. The number of ether oxygens (including phenoxy) is 1. The molecule has 0 spiro atoms. The van der Waals surface area contributed by atoms with Gasteiger partial charge in [-0.1, -0.05) is 15.9 Å². The number of aromatic nitrogens is 1. The van der Waals surface area contributed by atoms with E-state index >= 15 is 0 Å². The van der Waals surface area contributed by atoms with Crippen molar-refractivity contribution in [3.63, 3.8) is 0 Å².